The molecule has 0 heteroatoms. The van der Waals surface area contributed by atoms with Crippen molar-refractivity contribution in [2.24, 2.45) is 0 Å². The van der Waals surface area contributed by atoms with E-state index in [1.54, 1.807) is 0 Å². The minimum Gasteiger partial charge on any atom is -0.0619 e. The van der Waals surface area contributed by atoms with E-state index in [0.717, 1.165) is 0 Å². The first kappa shape index (κ1) is 31.5. The molecule has 11 aromatic rings. The van der Waals surface area contributed by atoms with E-state index in [1.165, 1.54) is 132 Å². The summed E-state index contributed by atoms with van der Waals surface area (Å²) in [6.45, 7) is 0. The fourth-order valence-electron chi connectivity index (χ4n) is 11.7. The van der Waals surface area contributed by atoms with Crippen molar-refractivity contribution in [1.29, 1.82) is 0 Å². The van der Waals surface area contributed by atoms with Crippen molar-refractivity contribution in [1.82, 2.24) is 0 Å². The molecule has 3 aliphatic carbocycles. The summed E-state index contributed by atoms with van der Waals surface area (Å²) in [5, 5.41) is 10.5. The summed E-state index contributed by atoms with van der Waals surface area (Å²) in [7, 11) is 0. The number of fused-ring (bicyclic) bond motifs is 20. The van der Waals surface area contributed by atoms with Crippen LogP contribution in [0.1, 0.15) is 22.3 Å². The van der Waals surface area contributed by atoms with Crippen molar-refractivity contribution in [3.8, 4) is 66.8 Å². The van der Waals surface area contributed by atoms with Crippen LogP contribution >= 0.6 is 0 Å². The Hall–Kier alpha value is -7.54. The van der Waals surface area contributed by atoms with Gasteiger partial charge in [-0.25, -0.2) is 0 Å². The Bertz CT molecular complexity index is 3580. The first-order valence-electron chi connectivity index (χ1n) is 20.8. The lowest BCUT2D eigenvalue weighted by atomic mass is 9.68. The lowest BCUT2D eigenvalue weighted by Crippen LogP contribution is -2.26. The average Bonchev–Trinajstić information content (AvgIpc) is 3.92. The molecule has 0 fully saturated rings. The van der Waals surface area contributed by atoms with Crippen LogP contribution < -0.4 is 0 Å². The van der Waals surface area contributed by atoms with Crippen LogP contribution in [0, 0.1) is 0 Å². The molecular formula is C59H34. The smallest absolute Gasteiger partial charge is 0.0619 e. The van der Waals surface area contributed by atoms with E-state index in [2.05, 4.69) is 206 Å². The van der Waals surface area contributed by atoms with Crippen molar-refractivity contribution in [3.05, 3.63) is 229 Å². The highest BCUT2D eigenvalue weighted by atomic mass is 14.5. The number of hydrogen-bond acceptors (Lipinski definition) is 0. The highest BCUT2D eigenvalue weighted by molar-refractivity contribution is 6.22. The molecule has 0 aromatic heterocycles. The molecule has 0 atom stereocenters. The van der Waals surface area contributed by atoms with E-state index in [9.17, 15) is 0 Å². The quantitative estimate of drug-likeness (QED) is 0.155. The van der Waals surface area contributed by atoms with Crippen LogP contribution in [0.25, 0.3) is 110 Å². The minimum absolute atomic E-state index is 0.467. The van der Waals surface area contributed by atoms with Gasteiger partial charge in [-0.1, -0.05) is 200 Å². The van der Waals surface area contributed by atoms with Crippen LogP contribution in [0.2, 0.25) is 0 Å². The van der Waals surface area contributed by atoms with Gasteiger partial charge in [0.15, 0.2) is 0 Å². The zero-order valence-corrected chi connectivity index (χ0v) is 32.1. The minimum atomic E-state index is -0.467. The first-order valence-corrected chi connectivity index (χ1v) is 20.8. The topological polar surface area (TPSA) is 0 Å². The highest BCUT2D eigenvalue weighted by Crippen LogP contribution is 2.66. The molecule has 0 radical (unpaired) electrons. The van der Waals surface area contributed by atoms with E-state index in [4.69, 9.17) is 0 Å². The fourth-order valence-corrected chi connectivity index (χ4v) is 11.7. The van der Waals surface area contributed by atoms with Gasteiger partial charge >= 0.3 is 0 Å². The number of hydrogen-bond donors (Lipinski definition) is 0. The van der Waals surface area contributed by atoms with Gasteiger partial charge in [-0.3, -0.25) is 0 Å². The van der Waals surface area contributed by atoms with E-state index in [1.807, 2.05) is 0 Å². The Balaban J connectivity index is 0.974. The van der Waals surface area contributed by atoms with Gasteiger partial charge in [0.25, 0.3) is 0 Å². The Morgan fingerprint density at radius 1 is 0.254 bits per heavy atom. The zero-order chi connectivity index (χ0) is 38.4. The van der Waals surface area contributed by atoms with E-state index in [0.29, 0.717) is 0 Å². The summed E-state index contributed by atoms with van der Waals surface area (Å²) in [5.41, 5.74) is 20.8. The van der Waals surface area contributed by atoms with Crippen molar-refractivity contribution in [2.75, 3.05) is 0 Å². The maximum atomic E-state index is 2.43. The van der Waals surface area contributed by atoms with Crippen LogP contribution in [0.3, 0.4) is 0 Å². The third-order valence-corrected chi connectivity index (χ3v) is 14.0. The second kappa shape index (κ2) is 11.3. The number of rotatable bonds is 2. The second-order valence-corrected chi connectivity index (χ2v) is 16.6. The molecule has 0 bridgehead atoms. The maximum absolute atomic E-state index is 2.43. The molecule has 0 N–H and O–H groups in total. The van der Waals surface area contributed by atoms with Crippen LogP contribution in [0.15, 0.2) is 206 Å². The van der Waals surface area contributed by atoms with Gasteiger partial charge in [0.2, 0.25) is 0 Å². The third kappa shape index (κ3) is 3.89. The molecule has 0 heterocycles. The lowest BCUT2D eigenvalue weighted by molar-refractivity contribution is 0.809. The van der Waals surface area contributed by atoms with E-state index in [-0.39, 0.29) is 0 Å². The van der Waals surface area contributed by atoms with Gasteiger partial charge in [-0.2, -0.15) is 0 Å². The first-order chi connectivity index (χ1) is 29.3. The maximum Gasteiger partial charge on any atom is 0.0737 e. The summed E-state index contributed by atoms with van der Waals surface area (Å²) in [6.07, 6.45) is 0. The predicted octanol–water partition coefficient (Wildman–Crippen LogP) is 15.6. The van der Waals surface area contributed by atoms with Crippen LogP contribution in [0.5, 0.6) is 0 Å². The SMILES string of the molecule is c1ccc2c(c1)-c1cccc3c(-c4ccc(-c5ccc6c7c(ccc6c5)-c5c(c6ccccc6c6ccccc56)C75c6ccccc6-c6ccccc65)cc4)ccc-2c13. The van der Waals surface area contributed by atoms with Gasteiger partial charge in [0.1, 0.15) is 0 Å². The predicted molar refractivity (Wildman–Crippen MR) is 248 cm³/mol. The molecule has 0 aliphatic heterocycles. The molecular weight excluding hydrogens is 709 g/mol. The molecule has 11 aromatic carbocycles. The largest absolute Gasteiger partial charge is 0.0737 e. The van der Waals surface area contributed by atoms with E-state index >= 15 is 0 Å². The van der Waals surface area contributed by atoms with Gasteiger partial charge in [0, 0.05) is 0 Å². The van der Waals surface area contributed by atoms with Gasteiger partial charge in [-0.05, 0) is 138 Å². The van der Waals surface area contributed by atoms with Crippen molar-refractivity contribution < 1.29 is 0 Å². The normalized spacial score (nSPS) is 13.6. The molecule has 3 aliphatic rings. The Kier molecular flexibility index (Phi) is 6.05. The van der Waals surface area contributed by atoms with Crippen molar-refractivity contribution >= 4 is 43.1 Å². The fraction of sp³-hybridized carbons (Fsp3) is 0.0169. The Morgan fingerprint density at radius 2 is 0.763 bits per heavy atom. The standard InChI is InChI=1S/C59H34/c1-2-13-42-41(12-1)48-21-11-20-47-39(32-33-50(42)55(47)48)36-26-24-35(25-27-36)37-28-30-40-38(34-37)29-31-52-56-49-18-5-3-14-43(49)44-15-4-6-19-51(44)58(56)59(57(40)52)53-22-9-7-16-45(53)46-17-8-10-23-54(46)59/h1-34H. The molecule has 0 amide bonds. The summed E-state index contributed by atoms with van der Waals surface area (Å²) >= 11 is 0. The van der Waals surface area contributed by atoms with Crippen molar-refractivity contribution in [2.45, 2.75) is 5.41 Å². The Labute approximate surface area is 342 Å². The average molecular weight is 743 g/mol. The molecule has 59 heavy (non-hydrogen) atoms. The zero-order valence-electron chi connectivity index (χ0n) is 32.1. The molecule has 0 nitrogen and oxygen atoms in total. The van der Waals surface area contributed by atoms with Crippen molar-refractivity contribution in [3.63, 3.8) is 0 Å². The van der Waals surface area contributed by atoms with Gasteiger partial charge < -0.3 is 0 Å². The molecule has 270 valence electrons. The second-order valence-electron chi connectivity index (χ2n) is 16.6. The molecule has 0 saturated carbocycles. The highest BCUT2D eigenvalue weighted by Gasteiger charge is 2.53. The molecule has 14 rings (SSSR count). The summed E-state index contributed by atoms with van der Waals surface area (Å²) in [6, 6.07) is 77.9. The summed E-state index contributed by atoms with van der Waals surface area (Å²) < 4.78 is 0. The van der Waals surface area contributed by atoms with E-state index < -0.39 is 5.41 Å². The van der Waals surface area contributed by atoms with Gasteiger partial charge in [-0.15, -0.1) is 0 Å². The van der Waals surface area contributed by atoms with Gasteiger partial charge in [0.05, 0.1) is 5.41 Å². The third-order valence-electron chi connectivity index (χ3n) is 14.0. The molecule has 0 unspecified atom stereocenters. The molecule has 1 spiro atoms. The molecule has 0 saturated heterocycles. The van der Waals surface area contributed by atoms with Crippen LogP contribution in [-0.4, -0.2) is 0 Å². The summed E-state index contributed by atoms with van der Waals surface area (Å²) in [4.78, 5) is 0. The Morgan fingerprint density at radius 3 is 1.49 bits per heavy atom. The number of benzene rings is 11. The lowest BCUT2D eigenvalue weighted by Gasteiger charge is -2.32. The van der Waals surface area contributed by atoms with Crippen LogP contribution in [0.4, 0.5) is 0 Å². The summed E-state index contributed by atoms with van der Waals surface area (Å²) in [5.74, 6) is 0. The van der Waals surface area contributed by atoms with Crippen LogP contribution in [-0.2, 0) is 5.41 Å². The monoisotopic (exact) mass is 742 g/mol.